The van der Waals surface area contributed by atoms with Gasteiger partial charge in [0.25, 0.3) is 5.91 Å². The summed E-state index contributed by atoms with van der Waals surface area (Å²) in [5.74, 6) is 0.393. The van der Waals surface area contributed by atoms with Gasteiger partial charge in [-0.15, -0.1) is 0 Å². The monoisotopic (exact) mass is 627 g/mol. The van der Waals surface area contributed by atoms with E-state index < -0.39 is 5.60 Å². The van der Waals surface area contributed by atoms with Crippen LogP contribution in [-0.4, -0.2) is 66.4 Å². The van der Waals surface area contributed by atoms with Crippen LogP contribution in [0, 0.1) is 6.92 Å². The van der Waals surface area contributed by atoms with Crippen molar-refractivity contribution in [3.05, 3.63) is 53.6 Å². The maximum Gasteiger partial charge on any atom is 0.410 e. The lowest BCUT2D eigenvalue weighted by Gasteiger charge is -2.27. The summed E-state index contributed by atoms with van der Waals surface area (Å²) in [4.78, 5) is 40.0. The van der Waals surface area contributed by atoms with Gasteiger partial charge in [0.05, 0.1) is 18.3 Å². The molecule has 11 heteroatoms. The number of carbonyl (C=O) groups excluding carboxylic acids is 2. The summed E-state index contributed by atoms with van der Waals surface area (Å²) in [7, 11) is 0. The summed E-state index contributed by atoms with van der Waals surface area (Å²) in [6.45, 7) is 11.2. The summed E-state index contributed by atoms with van der Waals surface area (Å²) in [6, 6.07) is 6.47. The zero-order valence-corrected chi connectivity index (χ0v) is 27.6. The molecule has 4 aromatic rings. The average molecular weight is 628 g/mol. The van der Waals surface area contributed by atoms with Crippen LogP contribution in [0.2, 0.25) is 0 Å². The Hall–Kier alpha value is -4.25. The van der Waals surface area contributed by atoms with Crippen LogP contribution < -0.4 is 5.32 Å². The van der Waals surface area contributed by atoms with E-state index in [1.54, 1.807) is 11.1 Å². The summed E-state index contributed by atoms with van der Waals surface area (Å²) in [5, 5.41) is 9.06. The molecule has 2 fully saturated rings. The fraction of sp³-hybridized carbons (Fsp3) is 0.514. The van der Waals surface area contributed by atoms with E-state index in [1.807, 2.05) is 44.8 Å². The number of H-pyrrole nitrogens is 1. The first-order chi connectivity index (χ1) is 22.1. The molecule has 6 rings (SSSR count). The van der Waals surface area contributed by atoms with Crippen LogP contribution in [0.3, 0.4) is 0 Å². The van der Waals surface area contributed by atoms with E-state index in [-0.39, 0.29) is 24.3 Å². The van der Waals surface area contributed by atoms with E-state index in [1.165, 1.54) is 0 Å². The Labute approximate surface area is 270 Å². The predicted octanol–water partition coefficient (Wildman–Crippen LogP) is 6.93. The molecule has 11 nitrogen and oxygen atoms in total. The second-order valence-electron chi connectivity index (χ2n) is 13.4. The Morgan fingerprint density at radius 1 is 1.11 bits per heavy atom. The Bertz CT molecular complexity index is 1710. The molecule has 0 spiro atoms. The van der Waals surface area contributed by atoms with E-state index in [0.717, 1.165) is 78.1 Å². The van der Waals surface area contributed by atoms with Gasteiger partial charge >= 0.3 is 6.09 Å². The van der Waals surface area contributed by atoms with Crippen molar-refractivity contribution in [1.29, 1.82) is 0 Å². The topological polar surface area (TPSA) is 127 Å². The lowest BCUT2D eigenvalue weighted by atomic mass is 9.97. The number of fused-ring (bicyclic) bond motifs is 1. The van der Waals surface area contributed by atoms with E-state index >= 15 is 0 Å². The van der Waals surface area contributed by atoms with E-state index in [4.69, 9.17) is 14.6 Å². The van der Waals surface area contributed by atoms with Gasteiger partial charge in [0.15, 0.2) is 12.1 Å². The summed E-state index contributed by atoms with van der Waals surface area (Å²) in [6.07, 6.45) is 12.0. The van der Waals surface area contributed by atoms with Gasteiger partial charge in [-0.25, -0.2) is 14.5 Å². The van der Waals surface area contributed by atoms with Crippen LogP contribution >= 0.6 is 0 Å². The number of aromatic nitrogens is 5. The molecule has 1 saturated heterocycles. The lowest BCUT2D eigenvalue weighted by Crippen LogP contribution is -2.36. The highest BCUT2D eigenvalue weighted by molar-refractivity contribution is 5.97. The highest BCUT2D eigenvalue weighted by atomic mass is 16.6. The van der Waals surface area contributed by atoms with Crippen molar-refractivity contribution < 1.29 is 19.1 Å². The Kier molecular flexibility index (Phi) is 9.13. The summed E-state index contributed by atoms with van der Waals surface area (Å²) in [5.41, 5.74) is 5.35. The molecule has 1 atom stereocenters. The number of pyridine rings is 1. The lowest BCUT2D eigenvalue weighted by molar-refractivity contribution is -0.0365. The van der Waals surface area contributed by atoms with Gasteiger partial charge in [0.1, 0.15) is 17.0 Å². The number of benzene rings is 1. The van der Waals surface area contributed by atoms with Crippen LogP contribution in [0.5, 0.6) is 0 Å². The molecule has 0 bridgehead atoms. The molecule has 1 aromatic carbocycles. The van der Waals surface area contributed by atoms with Crippen LogP contribution in [0.25, 0.3) is 33.5 Å². The molecule has 2 amide bonds. The number of nitrogens with one attached hydrogen (secondary N) is 2. The van der Waals surface area contributed by atoms with Gasteiger partial charge in [-0.05, 0) is 95.5 Å². The van der Waals surface area contributed by atoms with Crippen molar-refractivity contribution >= 4 is 22.9 Å². The second-order valence-corrected chi connectivity index (χ2v) is 13.4. The quantitative estimate of drug-likeness (QED) is 0.217. The number of aromatic amines is 1. The first-order valence-electron chi connectivity index (χ1n) is 16.5. The fourth-order valence-corrected chi connectivity index (χ4v) is 6.37. The zero-order chi connectivity index (χ0) is 32.4. The van der Waals surface area contributed by atoms with E-state index in [0.29, 0.717) is 36.9 Å². The number of amides is 2. The first kappa shape index (κ1) is 31.7. The third-order valence-corrected chi connectivity index (χ3v) is 8.90. The molecule has 2 N–H and O–H groups in total. The molecule has 1 aliphatic carbocycles. The number of imidazole rings is 1. The second kappa shape index (κ2) is 13.2. The third kappa shape index (κ3) is 6.79. The molecule has 244 valence electrons. The van der Waals surface area contributed by atoms with Crippen molar-refractivity contribution in [2.45, 2.75) is 104 Å². The molecule has 1 saturated carbocycles. The number of hydrogen-bond acceptors (Lipinski definition) is 7. The first-order valence-corrected chi connectivity index (χ1v) is 16.5. The Balaban J connectivity index is 1.35. The van der Waals surface area contributed by atoms with Crippen LogP contribution in [-0.2, 0) is 16.0 Å². The molecule has 2 aliphatic rings. The SMILES string of the molecule is CCN(Cc1cncc(-c2ccc3c(c2)c(-c2ncc(C(=O)NC4CCCC4)[nH]2)nn3C2CCCCO2)c1C)C(=O)OC(C)(C)C. The highest BCUT2D eigenvalue weighted by Gasteiger charge is 2.26. The maximum absolute atomic E-state index is 13.0. The maximum atomic E-state index is 13.0. The van der Waals surface area contributed by atoms with Gasteiger partial charge in [-0.2, -0.15) is 5.10 Å². The van der Waals surface area contributed by atoms with Gasteiger partial charge in [-0.1, -0.05) is 18.9 Å². The van der Waals surface area contributed by atoms with Gasteiger partial charge < -0.3 is 24.7 Å². The minimum Gasteiger partial charge on any atom is -0.444 e. The number of hydrogen-bond donors (Lipinski definition) is 2. The van der Waals surface area contributed by atoms with Crippen molar-refractivity contribution in [2.24, 2.45) is 0 Å². The summed E-state index contributed by atoms with van der Waals surface area (Å²) >= 11 is 0. The minimum atomic E-state index is -0.575. The predicted molar refractivity (Wildman–Crippen MR) is 176 cm³/mol. The van der Waals surface area contributed by atoms with Gasteiger partial charge in [0.2, 0.25) is 0 Å². The molecule has 1 unspecified atom stereocenters. The molecule has 0 radical (unpaired) electrons. The largest absolute Gasteiger partial charge is 0.444 e. The van der Waals surface area contributed by atoms with E-state index in [9.17, 15) is 9.59 Å². The Morgan fingerprint density at radius 2 is 1.89 bits per heavy atom. The number of ether oxygens (including phenoxy) is 2. The smallest absolute Gasteiger partial charge is 0.410 e. The van der Waals surface area contributed by atoms with E-state index in [2.05, 4.69) is 45.4 Å². The number of nitrogens with zero attached hydrogens (tertiary/aromatic N) is 5. The van der Waals surface area contributed by atoms with Crippen LogP contribution in [0.4, 0.5) is 4.79 Å². The third-order valence-electron chi connectivity index (χ3n) is 8.90. The Morgan fingerprint density at radius 3 is 2.61 bits per heavy atom. The molecule has 4 heterocycles. The number of carbonyl (C=O) groups is 2. The van der Waals surface area contributed by atoms with Gasteiger partial charge in [-0.3, -0.25) is 9.78 Å². The molecular weight excluding hydrogens is 582 g/mol. The normalized spacial score (nSPS) is 17.4. The highest BCUT2D eigenvalue weighted by Crippen LogP contribution is 2.36. The fourth-order valence-electron chi connectivity index (χ4n) is 6.37. The molecular formula is C35H45N7O4. The average Bonchev–Trinajstić information content (AvgIpc) is 3.80. The van der Waals surface area contributed by atoms with Crippen molar-refractivity contribution in [2.75, 3.05) is 13.2 Å². The van der Waals surface area contributed by atoms with Crippen LogP contribution in [0.15, 0.2) is 36.8 Å². The minimum absolute atomic E-state index is 0.142. The van der Waals surface area contributed by atoms with Crippen LogP contribution in [0.1, 0.15) is 100 Å². The zero-order valence-electron chi connectivity index (χ0n) is 27.6. The van der Waals surface area contributed by atoms with Crippen molar-refractivity contribution in [3.8, 4) is 22.6 Å². The molecule has 46 heavy (non-hydrogen) atoms. The standard InChI is InChI=1S/C35H45N7O4/c1-6-41(34(44)46-35(3,4)5)21-24-18-36-19-27(22(24)2)23-14-15-29-26(17-23)31(40-42(29)30-13-9-10-16-45-30)32-37-20-28(39-32)33(43)38-25-11-7-8-12-25/h14-15,17-20,25,30H,6-13,16,21H2,1-5H3,(H,37,39)(H,38,43). The molecule has 3 aromatic heterocycles. The molecule has 1 aliphatic heterocycles. The van der Waals surface area contributed by atoms with Gasteiger partial charge in [0, 0.05) is 42.5 Å². The van der Waals surface area contributed by atoms with Crippen molar-refractivity contribution in [3.63, 3.8) is 0 Å². The van der Waals surface area contributed by atoms with Crippen molar-refractivity contribution in [1.82, 2.24) is 34.9 Å². The number of rotatable bonds is 8. The summed E-state index contributed by atoms with van der Waals surface area (Å²) < 4.78 is 13.7.